The van der Waals surface area contributed by atoms with Gasteiger partial charge in [0.1, 0.15) is 30.2 Å². The van der Waals surface area contributed by atoms with Crippen molar-refractivity contribution in [2.75, 3.05) is 12.4 Å². The van der Waals surface area contributed by atoms with E-state index in [-0.39, 0.29) is 5.82 Å². The van der Waals surface area contributed by atoms with Crippen LogP contribution in [0.4, 0.5) is 14.6 Å². The van der Waals surface area contributed by atoms with Gasteiger partial charge in [-0.25, -0.2) is 13.8 Å². The van der Waals surface area contributed by atoms with Crippen molar-refractivity contribution in [3.8, 4) is 0 Å². The summed E-state index contributed by atoms with van der Waals surface area (Å²) in [6.07, 6.45) is 1.31. The summed E-state index contributed by atoms with van der Waals surface area (Å²) in [7, 11) is 1.39. The van der Waals surface area contributed by atoms with Crippen LogP contribution in [-0.2, 0) is 15.9 Å². The molecule has 2 aromatic rings. The van der Waals surface area contributed by atoms with Crippen LogP contribution in [0, 0.1) is 17.6 Å². The van der Waals surface area contributed by atoms with E-state index >= 15 is 0 Å². The van der Waals surface area contributed by atoms with Gasteiger partial charge >= 0.3 is 0 Å². The molecule has 0 amide bonds. The van der Waals surface area contributed by atoms with E-state index in [0.717, 1.165) is 18.5 Å². The number of methoxy groups -OCH3 is 1. The largest absolute Gasteiger partial charge is 0.388 e. The Morgan fingerprint density at radius 2 is 1.90 bits per heavy atom. The molecule has 1 aromatic carbocycles. The van der Waals surface area contributed by atoms with Crippen LogP contribution in [0.2, 0.25) is 0 Å². The minimum atomic E-state index is -1.34. The first-order chi connectivity index (χ1) is 14.5. The lowest BCUT2D eigenvalue weighted by atomic mass is 9.81. The van der Waals surface area contributed by atoms with Crippen molar-refractivity contribution in [3.63, 3.8) is 0 Å². The third-order valence-corrected chi connectivity index (χ3v) is 6.00. The van der Waals surface area contributed by atoms with E-state index in [1.165, 1.54) is 31.9 Å². The third-order valence-electron chi connectivity index (χ3n) is 6.00. The van der Waals surface area contributed by atoms with Gasteiger partial charge in [0.05, 0.1) is 6.20 Å². The summed E-state index contributed by atoms with van der Waals surface area (Å²) in [5.74, 6) is -1.25. The van der Waals surface area contributed by atoms with Gasteiger partial charge in [0, 0.05) is 13.2 Å². The maximum atomic E-state index is 14.0. The fourth-order valence-corrected chi connectivity index (χ4v) is 4.05. The zero-order valence-corrected chi connectivity index (χ0v) is 16.7. The first-order valence-electron chi connectivity index (χ1n) is 10.2. The summed E-state index contributed by atoms with van der Waals surface area (Å²) >= 11 is 0. The lowest BCUT2D eigenvalue weighted by molar-refractivity contribution is -0.250. The number of hydrogen-bond donors (Lipinski definition) is 3. The zero-order chi connectivity index (χ0) is 21.3. The van der Waals surface area contributed by atoms with Crippen LogP contribution in [0.3, 0.4) is 0 Å². The predicted molar refractivity (Wildman–Crippen MR) is 106 cm³/mol. The van der Waals surface area contributed by atoms with Crippen molar-refractivity contribution < 1.29 is 28.5 Å². The van der Waals surface area contributed by atoms with Gasteiger partial charge in [0.15, 0.2) is 17.9 Å². The fraction of sp³-hybridized carbons (Fsp3) is 0.500. The van der Waals surface area contributed by atoms with Crippen LogP contribution in [-0.4, -0.2) is 46.8 Å². The van der Waals surface area contributed by atoms with Crippen LogP contribution in [0.25, 0.3) is 0 Å². The van der Waals surface area contributed by atoms with Gasteiger partial charge in [-0.2, -0.15) is 0 Å². The van der Waals surface area contributed by atoms with Crippen molar-refractivity contribution >= 4 is 5.82 Å². The minimum Gasteiger partial charge on any atom is -0.388 e. The van der Waals surface area contributed by atoms with Crippen molar-refractivity contribution in [1.82, 2.24) is 4.98 Å². The maximum absolute atomic E-state index is 14.0. The molecule has 2 heterocycles. The van der Waals surface area contributed by atoms with Gasteiger partial charge in [-0.05, 0) is 23.5 Å². The van der Waals surface area contributed by atoms with Gasteiger partial charge in [0.25, 0.3) is 0 Å². The van der Waals surface area contributed by atoms with Crippen molar-refractivity contribution in [2.24, 2.45) is 5.92 Å². The lowest BCUT2D eigenvalue weighted by Gasteiger charge is -2.42. The van der Waals surface area contributed by atoms with Crippen LogP contribution in [0.1, 0.15) is 36.5 Å². The van der Waals surface area contributed by atoms with Crippen LogP contribution >= 0.6 is 0 Å². The van der Waals surface area contributed by atoms with Gasteiger partial charge in [-0.1, -0.05) is 43.5 Å². The first-order valence-corrected chi connectivity index (χ1v) is 10.2. The zero-order valence-electron chi connectivity index (χ0n) is 16.7. The molecule has 4 rings (SSSR count). The predicted octanol–water partition coefficient (Wildman–Crippen LogP) is 2.95. The van der Waals surface area contributed by atoms with Crippen LogP contribution in [0.15, 0.2) is 36.5 Å². The number of pyridine rings is 1. The maximum Gasteiger partial charge on any atom is 0.180 e. The summed E-state index contributed by atoms with van der Waals surface area (Å²) < 4.78 is 38.3. The summed E-state index contributed by atoms with van der Waals surface area (Å²) in [5, 5.41) is 24.0. The second-order valence-electron chi connectivity index (χ2n) is 8.04. The highest BCUT2D eigenvalue weighted by Gasteiger charge is 2.45. The van der Waals surface area contributed by atoms with Crippen molar-refractivity contribution in [1.29, 1.82) is 0 Å². The molecule has 1 aromatic heterocycles. The average molecular weight is 420 g/mol. The molecule has 8 heteroatoms. The molecular formula is C22H26F2N2O4. The Morgan fingerprint density at radius 1 is 1.17 bits per heavy atom. The molecule has 1 saturated carbocycles. The highest BCUT2D eigenvalue weighted by atomic mass is 19.1. The Kier molecular flexibility index (Phi) is 6.29. The Bertz CT molecular complexity index is 861. The number of aliphatic hydroxyl groups excluding tert-OH is 2. The number of aromatic nitrogens is 1. The number of hydrogen-bond acceptors (Lipinski definition) is 6. The number of rotatable bonds is 6. The molecule has 1 aliphatic heterocycles. The minimum absolute atomic E-state index is 0.267. The summed E-state index contributed by atoms with van der Waals surface area (Å²) in [4.78, 5) is 3.66. The number of nitrogens with zero attached hydrogens (tertiary/aromatic N) is 1. The molecule has 2 aliphatic rings. The number of ether oxygens (including phenoxy) is 2. The molecule has 1 saturated heterocycles. The van der Waals surface area contributed by atoms with Gasteiger partial charge in [0.2, 0.25) is 0 Å². The van der Waals surface area contributed by atoms with Crippen LogP contribution < -0.4 is 5.32 Å². The number of halogens is 2. The topological polar surface area (TPSA) is 83.8 Å². The standard InChI is InChI=1S/C22H26F2N2O4/c1-29-22-17(26-21-16(24)10-15(23)11-25-21)18(27)19(28)20(30-22)14-7-5-13(6-8-14)9-12-3-2-4-12/h5-8,10-12,17-20,22,27-28H,2-4,9H2,1H3,(H,25,26)/t17-,18+,19+,20+,22+/m0/s1. The lowest BCUT2D eigenvalue weighted by Crippen LogP contribution is -2.58. The highest BCUT2D eigenvalue weighted by Crippen LogP contribution is 2.35. The van der Waals surface area contributed by atoms with Crippen molar-refractivity contribution in [2.45, 2.75) is 56.3 Å². The van der Waals surface area contributed by atoms with Gasteiger partial charge in [-0.3, -0.25) is 0 Å². The van der Waals surface area contributed by atoms with Crippen molar-refractivity contribution in [3.05, 3.63) is 59.3 Å². The first kappa shape index (κ1) is 21.1. The number of anilines is 1. The molecule has 2 fully saturated rings. The number of nitrogens with one attached hydrogen (secondary N) is 1. The Morgan fingerprint density at radius 3 is 2.50 bits per heavy atom. The smallest absolute Gasteiger partial charge is 0.180 e. The molecule has 0 unspecified atom stereocenters. The van der Waals surface area contributed by atoms with E-state index in [4.69, 9.17) is 9.47 Å². The second-order valence-corrected chi connectivity index (χ2v) is 8.04. The number of aliphatic hydroxyl groups is 2. The molecule has 30 heavy (non-hydrogen) atoms. The molecule has 0 spiro atoms. The number of benzene rings is 1. The van der Waals surface area contributed by atoms with E-state index in [2.05, 4.69) is 10.3 Å². The van der Waals surface area contributed by atoms with E-state index in [9.17, 15) is 19.0 Å². The van der Waals surface area contributed by atoms with E-state index in [1.54, 1.807) is 0 Å². The normalized spacial score (nSPS) is 29.4. The Hall–Kier alpha value is -2.13. The molecular weight excluding hydrogens is 394 g/mol. The van der Waals surface area contributed by atoms with E-state index in [1.807, 2.05) is 24.3 Å². The van der Waals surface area contributed by atoms with E-state index < -0.39 is 42.3 Å². The summed E-state index contributed by atoms with van der Waals surface area (Å²) in [5.41, 5.74) is 1.94. The third kappa shape index (κ3) is 4.32. The monoisotopic (exact) mass is 420 g/mol. The molecule has 0 radical (unpaired) electrons. The molecule has 1 aliphatic carbocycles. The van der Waals surface area contributed by atoms with Crippen LogP contribution in [0.5, 0.6) is 0 Å². The SMILES string of the molecule is CO[C@@H]1O[C@H](c2ccc(CC3CCC3)cc2)[C@H](O)[C@H](O)[C@@H]1Nc1ncc(F)cc1F. The average Bonchev–Trinajstić information content (AvgIpc) is 2.71. The molecule has 0 bridgehead atoms. The van der Waals surface area contributed by atoms with Gasteiger partial charge in [-0.15, -0.1) is 0 Å². The van der Waals surface area contributed by atoms with E-state index in [0.29, 0.717) is 11.6 Å². The molecule has 162 valence electrons. The second kappa shape index (κ2) is 8.93. The Labute approximate surface area is 173 Å². The Balaban J connectivity index is 1.48. The summed E-state index contributed by atoms with van der Waals surface area (Å²) in [6, 6.07) is 7.47. The fourth-order valence-electron chi connectivity index (χ4n) is 4.05. The quantitative estimate of drug-likeness (QED) is 0.667. The molecule has 6 nitrogen and oxygen atoms in total. The molecule has 5 atom stereocenters. The highest BCUT2D eigenvalue weighted by molar-refractivity contribution is 5.38. The molecule has 3 N–H and O–H groups in total. The summed E-state index contributed by atoms with van der Waals surface area (Å²) in [6.45, 7) is 0. The van der Waals surface area contributed by atoms with Gasteiger partial charge < -0.3 is 25.0 Å².